The summed E-state index contributed by atoms with van der Waals surface area (Å²) in [5, 5.41) is 4.67. The normalized spacial score (nSPS) is 30.6. The van der Waals surface area contributed by atoms with E-state index in [2.05, 4.69) is 39.3 Å². The second-order valence-corrected chi connectivity index (χ2v) is 6.76. The molecule has 1 rings (SSSR count). The third kappa shape index (κ3) is 3.47. The van der Waals surface area contributed by atoms with Crippen LogP contribution >= 0.6 is 11.8 Å². The van der Waals surface area contributed by atoms with Gasteiger partial charge in [-0.3, -0.25) is 0 Å². The Morgan fingerprint density at radius 2 is 1.93 bits per heavy atom. The zero-order valence-corrected chi connectivity index (χ0v) is 11.1. The summed E-state index contributed by atoms with van der Waals surface area (Å²) in [5.41, 5.74) is 0.386. The average Bonchev–Trinajstić information content (AvgIpc) is 2.50. The molecule has 1 saturated carbocycles. The van der Waals surface area contributed by atoms with Crippen molar-refractivity contribution in [2.75, 3.05) is 6.26 Å². The minimum atomic E-state index is 0.386. The van der Waals surface area contributed by atoms with Gasteiger partial charge in [-0.1, -0.05) is 20.8 Å². The summed E-state index contributed by atoms with van der Waals surface area (Å²) in [6.45, 7) is 9.25. The summed E-state index contributed by atoms with van der Waals surface area (Å²) in [5.74, 6) is 0. The summed E-state index contributed by atoms with van der Waals surface area (Å²) in [6.07, 6.45) is 6.36. The smallest absolute Gasteiger partial charge is 0.00898 e. The maximum absolute atomic E-state index is 3.77. The molecule has 0 amide bonds. The van der Waals surface area contributed by atoms with Crippen molar-refractivity contribution in [1.82, 2.24) is 5.32 Å². The number of hydrogen-bond acceptors (Lipinski definition) is 2. The van der Waals surface area contributed by atoms with E-state index in [1.165, 1.54) is 19.3 Å². The molecule has 0 bridgehead atoms. The number of hydrogen-bond donors (Lipinski definition) is 1. The molecule has 3 atom stereocenters. The fourth-order valence-electron chi connectivity index (χ4n) is 1.91. The first kappa shape index (κ1) is 12.4. The highest BCUT2D eigenvalue weighted by Gasteiger charge is 2.28. The van der Waals surface area contributed by atoms with Gasteiger partial charge in [0.1, 0.15) is 0 Å². The van der Waals surface area contributed by atoms with Gasteiger partial charge in [0.25, 0.3) is 0 Å². The quantitative estimate of drug-likeness (QED) is 0.775. The summed E-state index contributed by atoms with van der Waals surface area (Å²) < 4.78 is 0. The second kappa shape index (κ2) is 4.89. The van der Waals surface area contributed by atoms with Crippen molar-refractivity contribution in [2.45, 2.75) is 64.3 Å². The van der Waals surface area contributed by atoms with Gasteiger partial charge in [0.2, 0.25) is 0 Å². The lowest BCUT2D eigenvalue weighted by atomic mass is 9.87. The van der Waals surface area contributed by atoms with Gasteiger partial charge in [0.05, 0.1) is 0 Å². The molecule has 0 spiro atoms. The van der Waals surface area contributed by atoms with Gasteiger partial charge in [-0.05, 0) is 37.9 Å². The predicted molar refractivity (Wildman–Crippen MR) is 67.0 cm³/mol. The summed E-state index contributed by atoms with van der Waals surface area (Å²) in [7, 11) is 0. The largest absolute Gasteiger partial charge is 0.311 e. The molecule has 0 heterocycles. The van der Waals surface area contributed by atoms with Gasteiger partial charge >= 0.3 is 0 Å². The van der Waals surface area contributed by atoms with E-state index in [9.17, 15) is 0 Å². The number of rotatable bonds is 3. The van der Waals surface area contributed by atoms with Crippen LogP contribution in [0.4, 0.5) is 0 Å². The molecule has 1 fully saturated rings. The van der Waals surface area contributed by atoms with Crippen molar-refractivity contribution in [3.63, 3.8) is 0 Å². The Kier molecular flexibility index (Phi) is 4.32. The van der Waals surface area contributed by atoms with Crippen LogP contribution in [0.1, 0.15) is 47.0 Å². The predicted octanol–water partition coefficient (Wildman–Crippen LogP) is 3.29. The van der Waals surface area contributed by atoms with E-state index in [-0.39, 0.29) is 0 Å². The van der Waals surface area contributed by atoms with E-state index in [0.29, 0.717) is 11.5 Å². The number of nitrogens with one attached hydrogen (secondary N) is 1. The molecule has 3 unspecified atom stereocenters. The van der Waals surface area contributed by atoms with E-state index in [0.717, 1.165) is 11.3 Å². The molecule has 0 aliphatic heterocycles. The summed E-state index contributed by atoms with van der Waals surface area (Å²) in [6, 6.07) is 1.38. The summed E-state index contributed by atoms with van der Waals surface area (Å²) in [4.78, 5) is 0. The van der Waals surface area contributed by atoms with Crippen LogP contribution < -0.4 is 5.32 Å². The van der Waals surface area contributed by atoms with Crippen LogP contribution in [0, 0.1) is 5.41 Å². The molecule has 0 aromatic rings. The Hall–Kier alpha value is 0.310. The molecule has 1 aliphatic rings. The van der Waals surface area contributed by atoms with Crippen LogP contribution in [-0.4, -0.2) is 23.6 Å². The molecule has 1 nitrogen and oxygen atoms in total. The van der Waals surface area contributed by atoms with Crippen LogP contribution in [-0.2, 0) is 0 Å². The van der Waals surface area contributed by atoms with Crippen LogP contribution in [0.5, 0.6) is 0 Å². The average molecular weight is 215 g/mol. The first-order valence-corrected chi connectivity index (χ1v) is 7.01. The third-order valence-corrected chi connectivity index (χ3v) is 4.60. The molecule has 84 valence electrons. The molecular weight excluding hydrogens is 190 g/mol. The van der Waals surface area contributed by atoms with Crippen LogP contribution in [0.25, 0.3) is 0 Å². The maximum Gasteiger partial charge on any atom is 0.00898 e. The van der Waals surface area contributed by atoms with Crippen LogP contribution in [0.15, 0.2) is 0 Å². The Balaban J connectivity index is 2.32. The second-order valence-electron chi connectivity index (χ2n) is 5.62. The zero-order valence-electron chi connectivity index (χ0n) is 10.3. The van der Waals surface area contributed by atoms with Gasteiger partial charge in [-0.15, -0.1) is 0 Å². The lowest BCUT2D eigenvalue weighted by molar-refractivity contribution is 0.263. The van der Waals surface area contributed by atoms with Gasteiger partial charge in [-0.25, -0.2) is 0 Å². The fourth-order valence-corrected chi connectivity index (χ4v) is 2.71. The van der Waals surface area contributed by atoms with Crippen molar-refractivity contribution in [2.24, 2.45) is 5.41 Å². The fraction of sp³-hybridized carbons (Fsp3) is 1.00. The number of thioether (sulfide) groups is 1. The first-order chi connectivity index (χ1) is 6.43. The van der Waals surface area contributed by atoms with Gasteiger partial charge in [0.15, 0.2) is 0 Å². The van der Waals surface area contributed by atoms with Crippen molar-refractivity contribution >= 4 is 11.8 Å². The topological polar surface area (TPSA) is 12.0 Å². The summed E-state index contributed by atoms with van der Waals surface area (Å²) >= 11 is 2.03. The maximum atomic E-state index is 3.77. The molecule has 0 aromatic heterocycles. The van der Waals surface area contributed by atoms with E-state index in [4.69, 9.17) is 0 Å². The highest BCUT2D eigenvalue weighted by molar-refractivity contribution is 7.99. The lowest BCUT2D eigenvalue weighted by Gasteiger charge is -2.31. The monoisotopic (exact) mass is 215 g/mol. The molecule has 14 heavy (non-hydrogen) atoms. The van der Waals surface area contributed by atoms with Crippen molar-refractivity contribution in [1.29, 1.82) is 0 Å². The molecule has 0 aromatic carbocycles. The van der Waals surface area contributed by atoms with Gasteiger partial charge in [-0.2, -0.15) is 11.8 Å². The van der Waals surface area contributed by atoms with Gasteiger partial charge < -0.3 is 5.32 Å². The molecule has 1 aliphatic carbocycles. The van der Waals surface area contributed by atoms with E-state index >= 15 is 0 Å². The SMILES string of the molecule is CSC1CCC(NC(C)C(C)(C)C)C1. The van der Waals surface area contributed by atoms with Crippen LogP contribution in [0.2, 0.25) is 0 Å². The molecule has 0 radical (unpaired) electrons. The zero-order chi connectivity index (χ0) is 10.8. The Labute approximate surface area is 93.4 Å². The van der Waals surface area contributed by atoms with E-state index in [1.54, 1.807) is 0 Å². The third-order valence-electron chi connectivity index (χ3n) is 3.50. The Morgan fingerprint density at radius 3 is 2.36 bits per heavy atom. The van der Waals surface area contributed by atoms with Crippen molar-refractivity contribution in [3.8, 4) is 0 Å². The minimum absolute atomic E-state index is 0.386. The highest BCUT2D eigenvalue weighted by Crippen LogP contribution is 2.29. The highest BCUT2D eigenvalue weighted by atomic mass is 32.2. The Bertz CT molecular complexity index is 174. The molecule has 0 saturated heterocycles. The molecular formula is C12H25NS. The minimum Gasteiger partial charge on any atom is -0.311 e. The molecule has 1 N–H and O–H groups in total. The van der Waals surface area contributed by atoms with Crippen molar-refractivity contribution < 1.29 is 0 Å². The standard InChI is InChI=1S/C12H25NS/c1-9(12(2,3)4)13-10-6-7-11(8-10)14-5/h9-11,13H,6-8H2,1-5H3. The van der Waals surface area contributed by atoms with E-state index in [1.807, 2.05) is 11.8 Å². The lowest BCUT2D eigenvalue weighted by Crippen LogP contribution is -2.42. The van der Waals surface area contributed by atoms with Gasteiger partial charge in [0, 0.05) is 17.3 Å². The van der Waals surface area contributed by atoms with Crippen LogP contribution in [0.3, 0.4) is 0 Å². The van der Waals surface area contributed by atoms with E-state index < -0.39 is 0 Å². The molecule has 2 heteroatoms. The van der Waals surface area contributed by atoms with Crippen molar-refractivity contribution in [3.05, 3.63) is 0 Å². The Morgan fingerprint density at radius 1 is 1.29 bits per heavy atom. The first-order valence-electron chi connectivity index (χ1n) is 5.72.